The van der Waals surface area contributed by atoms with Gasteiger partial charge in [-0.2, -0.15) is 11.8 Å². The molecule has 2 aliphatic heterocycles. The third-order valence-corrected chi connectivity index (χ3v) is 5.44. The molecule has 0 aromatic heterocycles. The van der Waals surface area contributed by atoms with Crippen molar-refractivity contribution in [3.63, 3.8) is 0 Å². The first-order chi connectivity index (χ1) is 8.64. The van der Waals surface area contributed by atoms with Crippen LogP contribution in [0.25, 0.3) is 0 Å². The van der Waals surface area contributed by atoms with Crippen LogP contribution in [0.4, 0.5) is 0 Å². The van der Waals surface area contributed by atoms with Crippen LogP contribution in [0.2, 0.25) is 0 Å². The van der Waals surface area contributed by atoms with E-state index in [2.05, 4.69) is 6.92 Å². The lowest BCUT2D eigenvalue weighted by Gasteiger charge is -2.40. The van der Waals surface area contributed by atoms with Gasteiger partial charge in [-0.05, 0) is 31.2 Å². The van der Waals surface area contributed by atoms with Crippen LogP contribution in [0.1, 0.15) is 31.4 Å². The van der Waals surface area contributed by atoms with E-state index in [4.69, 9.17) is 9.47 Å². The molecule has 3 rings (SSSR count). The molecule has 3 unspecified atom stereocenters. The molecule has 0 amide bonds. The standard InChI is InChI=1S/C14H18O3S/c1-9-14(5-6-18-9)8-12(15)11-4-3-10(16-2)7-13(11)17-14/h3-4,7,9,12,15H,5-6,8H2,1-2H3. The van der Waals surface area contributed by atoms with Crippen LogP contribution in [-0.4, -0.2) is 28.8 Å². The van der Waals surface area contributed by atoms with Gasteiger partial charge in [0, 0.05) is 23.3 Å². The first-order valence-corrected chi connectivity index (χ1v) is 7.36. The second-order valence-electron chi connectivity index (χ2n) is 5.05. The Balaban J connectivity index is 1.99. The highest BCUT2D eigenvalue weighted by atomic mass is 32.2. The van der Waals surface area contributed by atoms with Gasteiger partial charge in [0.2, 0.25) is 0 Å². The van der Waals surface area contributed by atoms with Crippen molar-refractivity contribution in [2.45, 2.75) is 36.7 Å². The second-order valence-corrected chi connectivity index (χ2v) is 6.50. The SMILES string of the molecule is COc1ccc2c(c1)OC1(CCSC1C)CC2O. The minimum absolute atomic E-state index is 0.205. The van der Waals surface area contributed by atoms with Crippen molar-refractivity contribution in [3.8, 4) is 11.5 Å². The predicted octanol–water partition coefficient (Wildman–Crippen LogP) is 2.78. The van der Waals surface area contributed by atoms with Gasteiger partial charge in [0.05, 0.1) is 13.2 Å². The molecular formula is C14H18O3S. The van der Waals surface area contributed by atoms with E-state index in [1.54, 1.807) is 7.11 Å². The number of aliphatic hydroxyl groups is 1. The van der Waals surface area contributed by atoms with Crippen molar-refractivity contribution in [2.24, 2.45) is 0 Å². The zero-order valence-corrected chi connectivity index (χ0v) is 11.5. The van der Waals surface area contributed by atoms with Gasteiger partial charge in [-0.25, -0.2) is 0 Å². The lowest BCUT2D eigenvalue weighted by atomic mass is 9.85. The summed E-state index contributed by atoms with van der Waals surface area (Å²) >= 11 is 1.92. The third-order valence-electron chi connectivity index (χ3n) is 4.07. The Morgan fingerprint density at radius 2 is 2.33 bits per heavy atom. The maximum Gasteiger partial charge on any atom is 0.129 e. The van der Waals surface area contributed by atoms with Crippen molar-refractivity contribution in [1.29, 1.82) is 0 Å². The third kappa shape index (κ3) is 1.79. The van der Waals surface area contributed by atoms with Crippen molar-refractivity contribution < 1.29 is 14.6 Å². The van der Waals surface area contributed by atoms with Crippen LogP contribution in [0.15, 0.2) is 18.2 Å². The molecule has 2 heterocycles. The van der Waals surface area contributed by atoms with Gasteiger partial charge in [0.15, 0.2) is 0 Å². The monoisotopic (exact) mass is 266 g/mol. The predicted molar refractivity (Wildman–Crippen MR) is 72.5 cm³/mol. The maximum absolute atomic E-state index is 10.3. The number of ether oxygens (including phenoxy) is 2. The molecule has 1 aromatic rings. The Kier molecular flexibility index (Phi) is 2.94. The number of fused-ring (bicyclic) bond motifs is 1. The molecule has 0 aliphatic carbocycles. The fourth-order valence-corrected chi connectivity index (χ4v) is 4.25. The zero-order valence-electron chi connectivity index (χ0n) is 10.7. The molecule has 0 bridgehead atoms. The summed E-state index contributed by atoms with van der Waals surface area (Å²) in [5.74, 6) is 2.66. The minimum Gasteiger partial charge on any atom is -0.497 e. The normalized spacial score (nSPS) is 34.2. The van der Waals surface area contributed by atoms with Gasteiger partial charge in [0.25, 0.3) is 0 Å². The smallest absolute Gasteiger partial charge is 0.129 e. The molecule has 2 aliphatic rings. The average Bonchev–Trinajstić information content (AvgIpc) is 2.69. The van der Waals surface area contributed by atoms with Crippen LogP contribution in [0.5, 0.6) is 11.5 Å². The molecule has 18 heavy (non-hydrogen) atoms. The molecular weight excluding hydrogens is 248 g/mol. The lowest BCUT2D eigenvalue weighted by Crippen LogP contribution is -2.45. The highest BCUT2D eigenvalue weighted by Crippen LogP contribution is 2.49. The summed E-state index contributed by atoms with van der Waals surface area (Å²) < 4.78 is 11.5. The van der Waals surface area contributed by atoms with Crippen LogP contribution < -0.4 is 9.47 Å². The molecule has 1 spiro atoms. The Bertz CT molecular complexity index is 462. The van der Waals surface area contributed by atoms with Gasteiger partial charge >= 0.3 is 0 Å². The van der Waals surface area contributed by atoms with Gasteiger partial charge < -0.3 is 14.6 Å². The van der Waals surface area contributed by atoms with Crippen LogP contribution in [0.3, 0.4) is 0 Å². The Hall–Kier alpha value is -0.870. The number of benzene rings is 1. The average molecular weight is 266 g/mol. The van der Waals surface area contributed by atoms with Crippen molar-refractivity contribution in [3.05, 3.63) is 23.8 Å². The summed E-state index contributed by atoms with van der Waals surface area (Å²) in [7, 11) is 1.64. The number of thioether (sulfide) groups is 1. The van der Waals surface area contributed by atoms with E-state index < -0.39 is 6.10 Å². The van der Waals surface area contributed by atoms with E-state index in [1.807, 2.05) is 30.0 Å². The number of rotatable bonds is 1. The summed E-state index contributed by atoms with van der Waals surface area (Å²) in [6.07, 6.45) is 1.27. The number of hydrogen-bond acceptors (Lipinski definition) is 4. The van der Waals surface area contributed by atoms with Gasteiger partial charge in [-0.15, -0.1) is 0 Å². The summed E-state index contributed by atoms with van der Waals surface area (Å²) in [6.45, 7) is 2.19. The van der Waals surface area contributed by atoms with E-state index in [0.717, 1.165) is 29.2 Å². The molecule has 1 aromatic carbocycles. The minimum atomic E-state index is -0.430. The highest BCUT2D eigenvalue weighted by molar-refractivity contribution is 8.00. The first kappa shape index (κ1) is 12.2. The van der Waals surface area contributed by atoms with Crippen molar-refractivity contribution in [2.75, 3.05) is 12.9 Å². The van der Waals surface area contributed by atoms with E-state index in [9.17, 15) is 5.11 Å². The molecule has 98 valence electrons. The molecule has 0 saturated carbocycles. The maximum atomic E-state index is 10.3. The van der Waals surface area contributed by atoms with E-state index in [1.165, 1.54) is 0 Å². The summed E-state index contributed by atoms with van der Waals surface area (Å²) in [5.41, 5.74) is 0.675. The Morgan fingerprint density at radius 3 is 3.00 bits per heavy atom. The zero-order chi connectivity index (χ0) is 12.8. The quantitative estimate of drug-likeness (QED) is 0.848. The first-order valence-electron chi connectivity index (χ1n) is 6.31. The number of aliphatic hydroxyl groups excluding tert-OH is 1. The van der Waals surface area contributed by atoms with Gasteiger partial charge in [-0.3, -0.25) is 0 Å². The van der Waals surface area contributed by atoms with Crippen LogP contribution in [-0.2, 0) is 0 Å². The second kappa shape index (κ2) is 4.35. The van der Waals surface area contributed by atoms with E-state index >= 15 is 0 Å². The Morgan fingerprint density at radius 1 is 1.50 bits per heavy atom. The molecule has 4 heteroatoms. The van der Waals surface area contributed by atoms with E-state index in [-0.39, 0.29) is 5.60 Å². The fourth-order valence-electron chi connectivity index (χ4n) is 2.87. The topological polar surface area (TPSA) is 38.7 Å². The van der Waals surface area contributed by atoms with Crippen LogP contribution >= 0.6 is 11.8 Å². The number of methoxy groups -OCH3 is 1. The molecule has 1 N–H and O–H groups in total. The lowest BCUT2D eigenvalue weighted by molar-refractivity contribution is -0.0104. The molecule has 3 atom stereocenters. The van der Waals surface area contributed by atoms with Crippen molar-refractivity contribution >= 4 is 11.8 Å². The number of hydrogen-bond donors (Lipinski definition) is 1. The van der Waals surface area contributed by atoms with Gasteiger partial charge in [-0.1, -0.05) is 0 Å². The van der Waals surface area contributed by atoms with Crippen LogP contribution in [0, 0.1) is 0 Å². The summed E-state index contributed by atoms with van der Waals surface area (Å²) in [6, 6.07) is 5.66. The fraction of sp³-hybridized carbons (Fsp3) is 0.571. The molecule has 1 fully saturated rings. The summed E-state index contributed by atoms with van der Waals surface area (Å²) in [4.78, 5) is 0. The largest absolute Gasteiger partial charge is 0.497 e. The van der Waals surface area contributed by atoms with E-state index in [0.29, 0.717) is 11.7 Å². The highest BCUT2D eigenvalue weighted by Gasteiger charge is 2.48. The molecule has 0 radical (unpaired) electrons. The molecule has 1 saturated heterocycles. The van der Waals surface area contributed by atoms with Crippen molar-refractivity contribution in [1.82, 2.24) is 0 Å². The molecule has 3 nitrogen and oxygen atoms in total. The Labute approximate surface area is 111 Å². The summed E-state index contributed by atoms with van der Waals surface area (Å²) in [5, 5.41) is 10.8. The van der Waals surface area contributed by atoms with Gasteiger partial charge in [0.1, 0.15) is 17.1 Å².